The smallest absolute Gasteiger partial charge is 0.548 e. The van der Waals surface area contributed by atoms with E-state index in [1.807, 2.05) is 0 Å². The van der Waals surface area contributed by atoms with Crippen molar-refractivity contribution in [2.45, 2.75) is 94.0 Å². The number of carbonyl (C=O) groups excluding carboxylic acids is 6. The van der Waals surface area contributed by atoms with Crippen LogP contribution in [-0.4, -0.2) is 139 Å². The Labute approximate surface area is 353 Å². The first-order valence-electron chi connectivity index (χ1n) is 14.8. The fourth-order valence-electron chi connectivity index (χ4n) is 2.00. The fourth-order valence-corrected chi connectivity index (χ4v) is 2.00. The van der Waals surface area contributed by atoms with Crippen LogP contribution < -0.4 is 65.0 Å². The normalized spacial score (nSPS) is 12.1. The number of rotatable bonds is 21. The van der Waals surface area contributed by atoms with Gasteiger partial charge in [-0.3, -0.25) is 28.8 Å². The van der Waals surface area contributed by atoms with E-state index in [0.717, 1.165) is 0 Å². The van der Waals surface area contributed by atoms with E-state index in [1.165, 1.54) is 0 Å². The Balaban J connectivity index is -0.0000000876. The summed E-state index contributed by atoms with van der Waals surface area (Å²) < 4.78 is 0. The molecule has 2 radical (unpaired) electrons. The molecule has 0 saturated heterocycles. The van der Waals surface area contributed by atoms with E-state index < -0.39 is 127 Å². The van der Waals surface area contributed by atoms with Crippen molar-refractivity contribution in [1.82, 2.24) is 0 Å². The van der Waals surface area contributed by atoms with E-state index in [1.54, 1.807) is 0 Å². The first kappa shape index (κ1) is 71.2. The molecule has 0 aromatic carbocycles. The first-order chi connectivity index (χ1) is 25.7. The van der Waals surface area contributed by atoms with E-state index in [9.17, 15) is 88.2 Å². The van der Waals surface area contributed by atoms with Crippen LogP contribution in [0.1, 0.15) is 57.8 Å². The van der Waals surface area contributed by atoms with Gasteiger partial charge in [0.15, 0.2) is 0 Å². The molecule has 0 aliphatic carbocycles. The monoisotopic (exact) mass is 938 g/mol. The van der Waals surface area contributed by atoms with Crippen LogP contribution >= 0.6 is 0 Å². The van der Waals surface area contributed by atoms with Gasteiger partial charge in [-0.2, -0.15) is 0 Å². The fraction of sp³-hybridized carbons (Fsp3) is 0.556. The molecule has 30 nitrogen and oxygen atoms in total. The van der Waals surface area contributed by atoms with Crippen molar-refractivity contribution >= 4 is 71.6 Å². The number of carboxylic acid groups (broad SMARTS) is 12. The number of carbonyl (C=O) groups is 12. The summed E-state index contributed by atoms with van der Waals surface area (Å²) in [6.45, 7) is 0. The minimum Gasteiger partial charge on any atom is -0.548 e. The maximum absolute atomic E-state index is 9.88. The van der Waals surface area contributed by atoms with Crippen LogP contribution in [0, 0.1) is 0 Å². The largest absolute Gasteiger partial charge is 3.00 e. The zero-order valence-corrected chi connectivity index (χ0v) is 32.7. The number of hydrogen-bond donors (Lipinski definition) is 12. The molecule has 0 aromatic heterocycles. The molecule has 0 aromatic rings. The summed E-state index contributed by atoms with van der Waals surface area (Å²) in [5, 5.41) is 107. The van der Waals surface area contributed by atoms with E-state index in [0.29, 0.717) is 0 Å². The molecule has 59 heavy (non-hydrogen) atoms. The summed E-state index contributed by atoms with van der Waals surface area (Å²) in [6.07, 6.45) is -2.76. The van der Waals surface area contributed by atoms with Gasteiger partial charge in [0, 0.05) is 37.4 Å². The SMILES string of the molecule is N[C@@H](CC(=O)O)C(=O)[O-].N[C@@H](CC(=O)O)C(=O)[O-].N[C@@H](CC(=O)O)C(=O)[O-].N[C@@H](CCC(=O)O)C(=O)[O-].N[C@@H](CCC(=O)O)C(=O)[O-].N[C@@H](CCC(=O)O)C(=O)[O-].[Cr+3].[Cr+3]. The van der Waals surface area contributed by atoms with Crippen molar-refractivity contribution in [1.29, 1.82) is 0 Å². The Morgan fingerprint density at radius 2 is 0.441 bits per heavy atom. The molecule has 0 saturated carbocycles. The molecule has 0 heterocycles. The van der Waals surface area contributed by atoms with Gasteiger partial charge in [-0.05, 0) is 19.3 Å². The minimum absolute atomic E-state index is 0. The molecule has 0 spiro atoms. The Morgan fingerprint density at radius 3 is 0.508 bits per heavy atom. The molecule has 32 heteroatoms. The van der Waals surface area contributed by atoms with Crippen molar-refractivity contribution < 1.29 is 154 Å². The summed E-state index contributed by atoms with van der Waals surface area (Å²) in [4.78, 5) is 118. The maximum Gasteiger partial charge on any atom is 3.00 e. The Morgan fingerprint density at radius 1 is 0.305 bits per heavy atom. The predicted molar refractivity (Wildman–Crippen MR) is 165 cm³/mol. The van der Waals surface area contributed by atoms with Crippen LogP contribution in [0.2, 0.25) is 0 Å². The summed E-state index contributed by atoms with van der Waals surface area (Å²) in [5.41, 5.74) is 29.1. The molecule has 0 amide bonds. The van der Waals surface area contributed by atoms with E-state index >= 15 is 0 Å². The molecule has 0 bridgehead atoms. The van der Waals surface area contributed by atoms with Gasteiger partial charge >= 0.3 is 70.5 Å². The second-order valence-corrected chi connectivity index (χ2v) is 10.1. The standard InChI is InChI=1S/3C5H9NO4.3C4H7NO4.2Cr/c3*6-3(5(9)10)1-2-4(7)8;3*5-2(4(8)9)1-3(6)7;;/h3*3H,1-2,6H2,(H,7,8)(H,9,10);3*2H,1,5H2,(H,6,7)(H,8,9);;/q;;;;;;2*+3/p-6/t3*3-;3*2-;;/m000000../s1. The van der Waals surface area contributed by atoms with Crippen molar-refractivity contribution in [2.75, 3.05) is 0 Å². The zero-order chi connectivity index (χ0) is 46.8. The summed E-state index contributed by atoms with van der Waals surface area (Å²) in [5.74, 6) is -15.8. The number of nitrogens with two attached hydrogens (primary N) is 6. The van der Waals surface area contributed by atoms with Crippen LogP contribution in [0.15, 0.2) is 0 Å². The Kier molecular flexibility index (Phi) is 50.8. The zero-order valence-electron chi connectivity index (χ0n) is 30.1. The number of aliphatic carboxylic acids is 12. The minimum atomic E-state index is -1.54. The Bertz CT molecular complexity index is 1200. The average molecular weight is 939 g/mol. The molecule has 0 aliphatic heterocycles. The first-order valence-corrected chi connectivity index (χ1v) is 14.8. The second-order valence-electron chi connectivity index (χ2n) is 10.1. The van der Waals surface area contributed by atoms with Crippen molar-refractivity contribution in [2.24, 2.45) is 34.4 Å². The van der Waals surface area contributed by atoms with Gasteiger partial charge in [0.1, 0.15) is 0 Å². The topological polar surface area (TPSA) is 621 Å². The van der Waals surface area contributed by atoms with Crippen LogP contribution in [-0.2, 0) is 92.3 Å². The van der Waals surface area contributed by atoms with E-state index in [2.05, 4.69) is 0 Å². The van der Waals surface area contributed by atoms with E-state index in [4.69, 9.17) is 65.0 Å². The maximum atomic E-state index is 9.88. The molecule has 0 rings (SSSR count). The summed E-state index contributed by atoms with van der Waals surface area (Å²) >= 11 is 0. The molecule has 6 atom stereocenters. The van der Waals surface area contributed by atoms with Gasteiger partial charge in [0.25, 0.3) is 0 Å². The van der Waals surface area contributed by atoms with Crippen LogP contribution in [0.4, 0.5) is 0 Å². The van der Waals surface area contributed by atoms with Crippen LogP contribution in [0.25, 0.3) is 0 Å². The predicted octanol–water partition coefficient (Wildman–Crippen LogP) is -13.6. The van der Waals surface area contributed by atoms with Gasteiger partial charge in [-0.15, -0.1) is 0 Å². The second kappa shape index (κ2) is 42.1. The van der Waals surface area contributed by atoms with Gasteiger partial charge < -0.3 is 124 Å². The summed E-state index contributed by atoms with van der Waals surface area (Å²) in [7, 11) is 0. The number of hydrogen-bond acceptors (Lipinski definition) is 24. The van der Waals surface area contributed by atoms with Crippen molar-refractivity contribution in [3.8, 4) is 0 Å². The van der Waals surface area contributed by atoms with Crippen molar-refractivity contribution in [3.63, 3.8) is 0 Å². The molecule has 0 fully saturated rings. The van der Waals surface area contributed by atoms with Crippen molar-refractivity contribution in [3.05, 3.63) is 0 Å². The van der Waals surface area contributed by atoms with Gasteiger partial charge in [-0.25, -0.2) is 0 Å². The number of carboxylic acids is 12. The molecular weight excluding hydrogens is 896 g/mol. The molecule has 336 valence electrons. The molecule has 0 aliphatic rings. The quantitative estimate of drug-likeness (QED) is 0.0508. The Hall–Kier alpha value is -5.54. The molecule has 18 N–H and O–H groups in total. The summed E-state index contributed by atoms with van der Waals surface area (Å²) in [6, 6.07) is -7.71. The van der Waals surface area contributed by atoms with E-state index in [-0.39, 0.29) is 73.2 Å². The average Bonchev–Trinajstić information content (AvgIpc) is 3.05. The third-order valence-electron chi connectivity index (χ3n) is 5.01. The molecular formula is C27H42Cr2N6O24. The third kappa shape index (κ3) is 64.6. The van der Waals surface area contributed by atoms with Crippen LogP contribution in [0.5, 0.6) is 0 Å². The third-order valence-corrected chi connectivity index (χ3v) is 5.01. The van der Waals surface area contributed by atoms with Crippen LogP contribution in [0.3, 0.4) is 0 Å². The van der Waals surface area contributed by atoms with Gasteiger partial charge in [-0.1, -0.05) is 0 Å². The van der Waals surface area contributed by atoms with Gasteiger partial charge in [0.2, 0.25) is 0 Å². The molecule has 0 unspecified atom stereocenters. The van der Waals surface area contributed by atoms with Gasteiger partial charge in [0.05, 0.1) is 73.2 Å².